The maximum Gasteiger partial charge on any atom is 0.334 e. The molecule has 1 heterocycles. The highest BCUT2D eigenvalue weighted by Gasteiger charge is 2.49. The van der Waals surface area contributed by atoms with E-state index in [1.807, 2.05) is 52.8 Å². The van der Waals surface area contributed by atoms with Gasteiger partial charge in [-0.15, -0.1) is 0 Å². The average molecular weight is 428 g/mol. The number of urea groups is 1. The van der Waals surface area contributed by atoms with Crippen LogP contribution in [-0.4, -0.2) is 46.1 Å². The molecule has 0 spiro atoms. The van der Waals surface area contributed by atoms with E-state index in [9.17, 15) is 19.2 Å². The lowest BCUT2D eigenvalue weighted by Gasteiger charge is -2.34. The van der Waals surface area contributed by atoms with Gasteiger partial charge in [0.2, 0.25) is 5.91 Å². The van der Waals surface area contributed by atoms with Crippen LogP contribution in [0.5, 0.6) is 0 Å². The first-order valence-electron chi connectivity index (χ1n) is 11.2. The van der Waals surface area contributed by atoms with Crippen molar-refractivity contribution >= 4 is 29.4 Å². The van der Waals surface area contributed by atoms with Crippen molar-refractivity contribution in [2.45, 2.75) is 78.2 Å². The van der Waals surface area contributed by atoms with E-state index < -0.39 is 30.3 Å². The van der Waals surface area contributed by atoms with Gasteiger partial charge in [-0.05, 0) is 41.7 Å². The second kappa shape index (κ2) is 9.20. The molecule has 0 bridgehead atoms. The number of nitrogens with zero attached hydrogens (tertiary/aromatic N) is 2. The van der Waals surface area contributed by atoms with Crippen molar-refractivity contribution in [1.29, 1.82) is 0 Å². The lowest BCUT2D eigenvalue weighted by atomic mass is 9.85. The van der Waals surface area contributed by atoms with Crippen LogP contribution in [0.3, 0.4) is 0 Å². The minimum Gasteiger partial charge on any atom is -0.324 e. The van der Waals surface area contributed by atoms with E-state index in [4.69, 9.17) is 0 Å². The molecule has 2 atom stereocenters. The summed E-state index contributed by atoms with van der Waals surface area (Å²) in [4.78, 5) is 52.8. The van der Waals surface area contributed by atoms with Crippen molar-refractivity contribution < 1.29 is 19.2 Å². The van der Waals surface area contributed by atoms with Gasteiger partial charge in [0.05, 0.1) is 0 Å². The fraction of sp³-hybridized carbons (Fsp3) is 0.583. The molecule has 1 saturated heterocycles. The largest absolute Gasteiger partial charge is 0.334 e. The number of amides is 5. The highest BCUT2D eigenvalue weighted by atomic mass is 16.2. The molecule has 1 aliphatic carbocycles. The molecular weight excluding hydrogens is 394 g/mol. The molecule has 7 nitrogen and oxygen atoms in total. The number of benzene rings is 1. The zero-order valence-electron chi connectivity index (χ0n) is 19.1. The van der Waals surface area contributed by atoms with E-state index >= 15 is 0 Å². The zero-order valence-corrected chi connectivity index (χ0v) is 19.1. The van der Waals surface area contributed by atoms with Crippen LogP contribution in [0.2, 0.25) is 0 Å². The molecule has 5 amide bonds. The maximum atomic E-state index is 12.9. The van der Waals surface area contributed by atoms with Crippen LogP contribution in [0.1, 0.15) is 83.3 Å². The van der Waals surface area contributed by atoms with Crippen LogP contribution in [0, 0.1) is 5.92 Å². The lowest BCUT2D eigenvalue weighted by Crippen LogP contribution is -2.46. The Morgan fingerprint density at radius 1 is 1.00 bits per heavy atom. The fourth-order valence-corrected chi connectivity index (χ4v) is 4.65. The number of rotatable bonds is 6. The lowest BCUT2D eigenvalue weighted by molar-refractivity contribution is -0.145. The Morgan fingerprint density at radius 3 is 2.13 bits per heavy atom. The Morgan fingerprint density at radius 2 is 1.58 bits per heavy atom. The Labute approximate surface area is 184 Å². The third-order valence-electron chi connectivity index (χ3n) is 6.42. The second-order valence-electron chi connectivity index (χ2n) is 9.35. The highest BCUT2D eigenvalue weighted by Crippen LogP contribution is 2.33. The van der Waals surface area contributed by atoms with Gasteiger partial charge in [0.25, 0.3) is 0 Å². The summed E-state index contributed by atoms with van der Waals surface area (Å²) in [5.41, 5.74) is 2.71. The SMILES string of the molecule is CC(C)c1cccc(C(C)C)c1NC(=O)CN1C(=O)C(=O)N([C@H]2CCCC[C@H]2C)C1=O. The predicted octanol–water partition coefficient (Wildman–Crippen LogP) is 4.24. The number of imide groups is 2. The molecule has 31 heavy (non-hydrogen) atoms. The van der Waals surface area contributed by atoms with Crippen LogP contribution in [0.25, 0.3) is 0 Å². The summed E-state index contributed by atoms with van der Waals surface area (Å²) in [5, 5.41) is 2.91. The van der Waals surface area contributed by atoms with Gasteiger partial charge in [-0.3, -0.25) is 19.3 Å². The third-order valence-corrected chi connectivity index (χ3v) is 6.42. The van der Waals surface area contributed by atoms with Gasteiger partial charge in [-0.2, -0.15) is 0 Å². The molecule has 3 rings (SSSR count). The molecule has 7 heteroatoms. The molecule has 2 fully saturated rings. The molecule has 1 aromatic rings. The van der Waals surface area contributed by atoms with Gasteiger partial charge in [-0.1, -0.05) is 65.7 Å². The molecule has 2 aliphatic rings. The Bertz CT molecular complexity index is 867. The van der Waals surface area contributed by atoms with Crippen LogP contribution >= 0.6 is 0 Å². The Hall–Kier alpha value is -2.70. The van der Waals surface area contributed by atoms with Gasteiger partial charge < -0.3 is 5.32 Å². The van der Waals surface area contributed by atoms with E-state index in [0.717, 1.165) is 45.9 Å². The summed E-state index contributed by atoms with van der Waals surface area (Å²) in [5.74, 6) is -1.69. The van der Waals surface area contributed by atoms with Crippen molar-refractivity contribution in [1.82, 2.24) is 9.80 Å². The first-order valence-corrected chi connectivity index (χ1v) is 11.2. The average Bonchev–Trinajstić information content (AvgIpc) is 2.91. The minimum atomic E-state index is -0.917. The Balaban J connectivity index is 1.79. The minimum absolute atomic E-state index is 0.148. The topological polar surface area (TPSA) is 86.8 Å². The van der Waals surface area contributed by atoms with Gasteiger partial charge in [-0.25, -0.2) is 9.69 Å². The zero-order chi connectivity index (χ0) is 22.9. The first-order chi connectivity index (χ1) is 14.6. The van der Waals surface area contributed by atoms with Crippen molar-refractivity contribution in [3.05, 3.63) is 29.3 Å². The van der Waals surface area contributed by atoms with Crippen LogP contribution < -0.4 is 5.32 Å². The van der Waals surface area contributed by atoms with E-state index in [-0.39, 0.29) is 23.8 Å². The van der Waals surface area contributed by atoms with Gasteiger partial charge in [0.15, 0.2) is 0 Å². The number of anilines is 1. The molecule has 0 aromatic heterocycles. The summed E-state index contributed by atoms with van der Waals surface area (Å²) >= 11 is 0. The summed E-state index contributed by atoms with van der Waals surface area (Å²) in [6, 6.07) is 4.95. The monoisotopic (exact) mass is 427 g/mol. The van der Waals surface area contributed by atoms with Crippen molar-refractivity contribution in [3.8, 4) is 0 Å². The summed E-state index contributed by atoms with van der Waals surface area (Å²) < 4.78 is 0. The van der Waals surface area contributed by atoms with E-state index in [1.54, 1.807) is 0 Å². The normalized spacial score (nSPS) is 22.1. The quantitative estimate of drug-likeness (QED) is 0.543. The number of hydrogen-bond acceptors (Lipinski definition) is 4. The van der Waals surface area contributed by atoms with Gasteiger partial charge in [0.1, 0.15) is 6.54 Å². The highest BCUT2D eigenvalue weighted by molar-refractivity contribution is 6.45. The third kappa shape index (κ3) is 4.50. The van der Waals surface area contributed by atoms with E-state index in [0.29, 0.717) is 6.42 Å². The fourth-order valence-electron chi connectivity index (χ4n) is 4.65. The van der Waals surface area contributed by atoms with Crippen LogP contribution in [0.15, 0.2) is 18.2 Å². The van der Waals surface area contributed by atoms with Crippen molar-refractivity contribution in [3.63, 3.8) is 0 Å². The van der Waals surface area contributed by atoms with Gasteiger partial charge in [0, 0.05) is 11.7 Å². The van der Waals surface area contributed by atoms with E-state index in [2.05, 4.69) is 5.32 Å². The summed E-state index contributed by atoms with van der Waals surface area (Å²) in [6.45, 7) is 9.72. The van der Waals surface area contributed by atoms with Gasteiger partial charge >= 0.3 is 17.8 Å². The number of carbonyl (C=O) groups excluding carboxylic acids is 4. The van der Waals surface area contributed by atoms with Crippen LogP contribution in [0.4, 0.5) is 10.5 Å². The predicted molar refractivity (Wildman–Crippen MR) is 119 cm³/mol. The van der Waals surface area contributed by atoms with Crippen molar-refractivity contribution in [2.75, 3.05) is 11.9 Å². The number of hydrogen-bond donors (Lipinski definition) is 1. The smallest absolute Gasteiger partial charge is 0.324 e. The molecular formula is C24H33N3O4. The molecule has 0 radical (unpaired) electrons. The number of nitrogens with one attached hydrogen (secondary N) is 1. The first kappa shape index (κ1) is 23.0. The summed E-state index contributed by atoms with van der Waals surface area (Å²) in [7, 11) is 0. The molecule has 1 N–H and O–H groups in total. The molecule has 168 valence electrons. The van der Waals surface area contributed by atoms with Crippen LogP contribution in [-0.2, 0) is 14.4 Å². The standard InChI is InChI=1S/C24H33N3O4/c1-14(2)17-10-8-11-18(15(3)4)21(17)25-20(28)13-26-22(29)23(30)27(24(26)31)19-12-7-6-9-16(19)5/h8,10-11,14-16,19H,6-7,9,12-13H2,1-5H3,(H,25,28)/t16-,19+/m1/s1. The summed E-state index contributed by atoms with van der Waals surface area (Å²) in [6.07, 6.45) is 3.60. The molecule has 1 saturated carbocycles. The Kier molecular flexibility index (Phi) is 6.82. The molecule has 1 aromatic carbocycles. The second-order valence-corrected chi connectivity index (χ2v) is 9.35. The molecule has 1 aliphatic heterocycles. The van der Waals surface area contributed by atoms with Crippen molar-refractivity contribution in [2.24, 2.45) is 5.92 Å². The number of para-hydroxylation sites is 1. The maximum absolute atomic E-state index is 12.9. The molecule has 0 unspecified atom stereocenters. The van der Waals surface area contributed by atoms with E-state index in [1.165, 1.54) is 0 Å². The number of carbonyl (C=O) groups is 4.